The molecule has 2 aliphatic heterocycles. The lowest BCUT2D eigenvalue weighted by atomic mass is 9.90. The Morgan fingerprint density at radius 3 is 2.72 bits per heavy atom. The smallest absolute Gasteiger partial charge is 0.253 e. The fourth-order valence-corrected chi connectivity index (χ4v) is 3.69. The number of nitrogens with zero attached hydrogens (tertiary/aromatic N) is 2. The highest BCUT2D eigenvalue weighted by Crippen LogP contribution is 2.32. The number of hydrogen-bond donors (Lipinski definition) is 0. The summed E-state index contributed by atoms with van der Waals surface area (Å²) < 4.78 is 5.99. The van der Waals surface area contributed by atoms with Gasteiger partial charge in [0.1, 0.15) is 12.2 Å². The van der Waals surface area contributed by atoms with Crippen LogP contribution in [-0.4, -0.2) is 48.6 Å². The zero-order valence-corrected chi connectivity index (χ0v) is 15.2. The molecule has 1 atom stereocenters. The number of anilines is 1. The maximum Gasteiger partial charge on any atom is 0.253 e. The van der Waals surface area contributed by atoms with Crippen LogP contribution in [0.25, 0.3) is 0 Å². The van der Waals surface area contributed by atoms with Gasteiger partial charge >= 0.3 is 0 Å². The van der Waals surface area contributed by atoms with E-state index in [2.05, 4.69) is 13.8 Å². The van der Waals surface area contributed by atoms with Gasteiger partial charge in [-0.15, -0.1) is 0 Å². The Morgan fingerprint density at radius 1 is 1.24 bits per heavy atom. The molecule has 2 aliphatic rings. The normalized spacial score (nSPS) is 24.2. The Bertz CT molecular complexity index is 617. The number of amides is 2. The molecule has 5 nitrogen and oxygen atoms in total. The van der Waals surface area contributed by atoms with Crippen molar-refractivity contribution in [2.24, 2.45) is 5.92 Å². The molecule has 0 saturated carbocycles. The van der Waals surface area contributed by atoms with E-state index in [0.717, 1.165) is 31.5 Å². The van der Waals surface area contributed by atoms with Crippen LogP contribution < -0.4 is 4.90 Å². The first-order chi connectivity index (χ1) is 12.0. The third-order valence-corrected chi connectivity index (χ3v) is 5.14. The molecule has 0 aliphatic carbocycles. The topological polar surface area (TPSA) is 49.9 Å². The number of likely N-dealkylation sites (tertiary alicyclic amines) is 1. The van der Waals surface area contributed by atoms with Gasteiger partial charge in [0.25, 0.3) is 5.91 Å². The summed E-state index contributed by atoms with van der Waals surface area (Å²) in [4.78, 5) is 28.6. The standard InChI is InChI=1S/C20H28N2O3/c1-16(2)9-10-18(23)21-12-6-11-20(14-21)15-22(19(24)13-25-20)17-7-4-3-5-8-17/h3-5,7-8,16H,6,9-15H2,1-2H3. The molecule has 2 amide bonds. The van der Waals surface area contributed by atoms with E-state index in [0.29, 0.717) is 25.4 Å². The van der Waals surface area contributed by atoms with Gasteiger partial charge in [0.05, 0.1) is 13.1 Å². The summed E-state index contributed by atoms with van der Waals surface area (Å²) >= 11 is 0. The maximum atomic E-state index is 12.5. The number of ether oxygens (including phenoxy) is 1. The van der Waals surface area contributed by atoms with Crippen molar-refractivity contribution >= 4 is 17.5 Å². The molecule has 25 heavy (non-hydrogen) atoms. The Kier molecular flexibility index (Phi) is 5.42. The predicted molar refractivity (Wildman–Crippen MR) is 97.4 cm³/mol. The first-order valence-electron chi connectivity index (χ1n) is 9.26. The number of carbonyl (C=O) groups excluding carboxylic acids is 2. The number of benzene rings is 1. The fraction of sp³-hybridized carbons (Fsp3) is 0.600. The van der Waals surface area contributed by atoms with Crippen LogP contribution in [0.2, 0.25) is 0 Å². The molecule has 1 unspecified atom stereocenters. The SMILES string of the molecule is CC(C)CCC(=O)N1CCCC2(C1)CN(c1ccccc1)C(=O)CO2. The van der Waals surface area contributed by atoms with E-state index in [1.54, 1.807) is 0 Å². The number of rotatable bonds is 4. The molecule has 0 N–H and O–H groups in total. The molecule has 0 radical (unpaired) electrons. The summed E-state index contributed by atoms with van der Waals surface area (Å²) in [5.41, 5.74) is 0.466. The highest BCUT2D eigenvalue weighted by atomic mass is 16.5. The number of piperidine rings is 1. The van der Waals surface area contributed by atoms with Gasteiger partial charge in [-0.05, 0) is 37.3 Å². The predicted octanol–water partition coefficient (Wildman–Crippen LogP) is 2.85. The van der Waals surface area contributed by atoms with Crippen molar-refractivity contribution in [1.82, 2.24) is 4.90 Å². The highest BCUT2D eigenvalue weighted by molar-refractivity contribution is 5.95. The largest absolute Gasteiger partial charge is 0.361 e. The van der Waals surface area contributed by atoms with Crippen LogP contribution in [0.1, 0.15) is 39.5 Å². The van der Waals surface area contributed by atoms with Gasteiger partial charge in [-0.25, -0.2) is 0 Å². The Labute approximate surface area is 149 Å². The molecule has 0 bridgehead atoms. The summed E-state index contributed by atoms with van der Waals surface area (Å²) in [6.45, 7) is 6.26. The molecular weight excluding hydrogens is 316 g/mol. The van der Waals surface area contributed by atoms with E-state index in [-0.39, 0.29) is 18.4 Å². The average molecular weight is 344 g/mol. The van der Waals surface area contributed by atoms with Gasteiger partial charge in [-0.3, -0.25) is 9.59 Å². The summed E-state index contributed by atoms with van der Waals surface area (Å²) in [5, 5.41) is 0. The number of morpholine rings is 1. The second-order valence-corrected chi connectivity index (χ2v) is 7.64. The molecule has 1 aromatic rings. The van der Waals surface area contributed by atoms with Gasteiger partial charge in [0.15, 0.2) is 0 Å². The van der Waals surface area contributed by atoms with Crippen LogP contribution in [-0.2, 0) is 14.3 Å². The molecular formula is C20H28N2O3. The first kappa shape index (κ1) is 17.9. The minimum atomic E-state index is -0.435. The van der Waals surface area contributed by atoms with Gasteiger partial charge in [-0.1, -0.05) is 32.0 Å². The third kappa shape index (κ3) is 4.21. The first-order valence-corrected chi connectivity index (χ1v) is 9.26. The summed E-state index contributed by atoms with van der Waals surface area (Å²) in [6.07, 6.45) is 3.31. The second-order valence-electron chi connectivity index (χ2n) is 7.64. The molecule has 1 aromatic carbocycles. The highest BCUT2D eigenvalue weighted by Gasteiger charge is 2.44. The maximum absolute atomic E-state index is 12.5. The summed E-state index contributed by atoms with van der Waals surface area (Å²) in [5.74, 6) is 0.722. The van der Waals surface area contributed by atoms with Crippen LogP contribution in [0.4, 0.5) is 5.69 Å². The van der Waals surface area contributed by atoms with E-state index >= 15 is 0 Å². The number of hydrogen-bond acceptors (Lipinski definition) is 3. The summed E-state index contributed by atoms with van der Waals surface area (Å²) in [6, 6.07) is 9.72. The van der Waals surface area contributed by atoms with Gasteiger partial charge in [0, 0.05) is 18.7 Å². The van der Waals surface area contributed by atoms with E-state index in [1.807, 2.05) is 40.1 Å². The second kappa shape index (κ2) is 7.56. The van der Waals surface area contributed by atoms with Crippen molar-refractivity contribution in [3.8, 4) is 0 Å². The molecule has 136 valence electrons. The lowest BCUT2D eigenvalue weighted by Gasteiger charge is -2.47. The van der Waals surface area contributed by atoms with Crippen LogP contribution in [0.5, 0.6) is 0 Å². The molecule has 1 spiro atoms. The lowest BCUT2D eigenvalue weighted by molar-refractivity contribution is -0.153. The average Bonchev–Trinajstić information content (AvgIpc) is 2.63. The fourth-order valence-electron chi connectivity index (χ4n) is 3.69. The Balaban J connectivity index is 1.70. The van der Waals surface area contributed by atoms with E-state index in [1.165, 1.54) is 0 Å². The van der Waals surface area contributed by atoms with Crippen molar-refractivity contribution in [3.05, 3.63) is 30.3 Å². The van der Waals surface area contributed by atoms with Crippen molar-refractivity contribution in [3.63, 3.8) is 0 Å². The Hall–Kier alpha value is -1.88. The molecule has 0 aromatic heterocycles. The van der Waals surface area contributed by atoms with Gasteiger partial charge in [0.2, 0.25) is 5.91 Å². The van der Waals surface area contributed by atoms with Crippen LogP contribution in [0.3, 0.4) is 0 Å². The molecule has 5 heteroatoms. The van der Waals surface area contributed by atoms with Crippen LogP contribution in [0, 0.1) is 5.92 Å². The lowest BCUT2D eigenvalue weighted by Crippen LogP contribution is -2.62. The molecule has 3 rings (SSSR count). The molecule has 2 fully saturated rings. The third-order valence-electron chi connectivity index (χ3n) is 5.14. The van der Waals surface area contributed by atoms with Crippen molar-refractivity contribution in [1.29, 1.82) is 0 Å². The van der Waals surface area contributed by atoms with Crippen LogP contribution >= 0.6 is 0 Å². The van der Waals surface area contributed by atoms with Gasteiger partial charge < -0.3 is 14.5 Å². The zero-order valence-electron chi connectivity index (χ0n) is 15.2. The summed E-state index contributed by atoms with van der Waals surface area (Å²) in [7, 11) is 0. The number of para-hydroxylation sites is 1. The molecule has 2 heterocycles. The minimum Gasteiger partial charge on any atom is -0.361 e. The van der Waals surface area contributed by atoms with Crippen LogP contribution in [0.15, 0.2) is 30.3 Å². The van der Waals surface area contributed by atoms with E-state index < -0.39 is 5.60 Å². The van der Waals surface area contributed by atoms with Crippen molar-refractivity contribution in [2.45, 2.75) is 45.1 Å². The van der Waals surface area contributed by atoms with Gasteiger partial charge in [-0.2, -0.15) is 0 Å². The van der Waals surface area contributed by atoms with E-state index in [4.69, 9.17) is 4.74 Å². The van der Waals surface area contributed by atoms with E-state index in [9.17, 15) is 9.59 Å². The van der Waals surface area contributed by atoms with Crippen molar-refractivity contribution in [2.75, 3.05) is 31.1 Å². The minimum absolute atomic E-state index is 0.0138. The number of carbonyl (C=O) groups is 2. The van der Waals surface area contributed by atoms with Crippen molar-refractivity contribution < 1.29 is 14.3 Å². The monoisotopic (exact) mass is 344 g/mol. The molecule has 2 saturated heterocycles. The zero-order chi connectivity index (χ0) is 17.9. The Morgan fingerprint density at radius 2 is 2.00 bits per heavy atom. The quantitative estimate of drug-likeness (QED) is 0.844.